The largest absolute Gasteiger partial charge is 0.452 e. The third-order valence-electron chi connectivity index (χ3n) is 4.79. The fourth-order valence-electron chi connectivity index (χ4n) is 3.07. The summed E-state index contributed by atoms with van der Waals surface area (Å²) in [7, 11) is 0. The maximum absolute atomic E-state index is 14.0. The highest BCUT2D eigenvalue weighted by molar-refractivity contribution is 6.31. The molecule has 152 valence electrons. The Morgan fingerprint density at radius 3 is 2.69 bits per heavy atom. The van der Waals surface area contributed by atoms with Gasteiger partial charge in [-0.25, -0.2) is 4.39 Å². The van der Waals surface area contributed by atoms with E-state index in [9.17, 15) is 18.8 Å². The molecular formula is C21H20ClFN2O4. The molecule has 0 aliphatic carbocycles. The third-order valence-corrected chi connectivity index (χ3v) is 5.20. The normalized spacial score (nSPS) is 17.2. The van der Waals surface area contributed by atoms with Crippen LogP contribution in [0.4, 0.5) is 15.8 Å². The molecule has 1 N–H and O–H groups in total. The molecule has 0 unspecified atom stereocenters. The fraction of sp³-hybridized carbons (Fsp3) is 0.286. The van der Waals surface area contributed by atoms with E-state index in [1.807, 2.05) is 0 Å². The number of nitrogens with zero attached hydrogens (tertiary/aromatic N) is 1. The zero-order valence-corrected chi connectivity index (χ0v) is 16.7. The van der Waals surface area contributed by atoms with Crippen LogP contribution >= 0.6 is 11.6 Å². The average molecular weight is 419 g/mol. The first-order valence-corrected chi connectivity index (χ1v) is 9.47. The van der Waals surface area contributed by atoms with Crippen molar-refractivity contribution >= 4 is 40.8 Å². The molecule has 0 bridgehead atoms. The summed E-state index contributed by atoms with van der Waals surface area (Å²) in [5.74, 6) is -2.88. The summed E-state index contributed by atoms with van der Waals surface area (Å²) in [6.07, 6.45) is -1.17. The Labute approximate surface area is 172 Å². The minimum atomic E-state index is -1.07. The Kier molecular flexibility index (Phi) is 6.17. The topological polar surface area (TPSA) is 75.7 Å². The highest BCUT2D eigenvalue weighted by Gasteiger charge is 2.38. The molecule has 1 heterocycles. The SMILES string of the molecule is Cc1c(Cl)cccc1NC(=O)[C@@H](C)OC(=O)[C@@H]1CC(=O)N(c2ccccc2F)C1. The Bertz CT molecular complexity index is 965. The van der Waals surface area contributed by atoms with Crippen molar-refractivity contribution in [3.8, 4) is 0 Å². The van der Waals surface area contributed by atoms with Gasteiger partial charge >= 0.3 is 5.97 Å². The number of hydrogen-bond donors (Lipinski definition) is 1. The zero-order chi connectivity index (χ0) is 21.1. The molecule has 3 rings (SSSR count). The van der Waals surface area contributed by atoms with Gasteiger partial charge in [0.1, 0.15) is 5.82 Å². The molecule has 1 aliphatic rings. The molecule has 2 aromatic carbocycles. The maximum atomic E-state index is 14.0. The van der Waals surface area contributed by atoms with Crippen molar-refractivity contribution in [3.05, 3.63) is 58.9 Å². The van der Waals surface area contributed by atoms with Crippen molar-refractivity contribution in [2.75, 3.05) is 16.8 Å². The van der Waals surface area contributed by atoms with E-state index in [0.717, 1.165) is 0 Å². The standard InChI is InChI=1S/C21H20ClFN2O4/c1-12-15(22)6-5-8-17(12)24-20(27)13(2)29-21(28)14-10-19(26)25(11-14)18-9-4-3-7-16(18)23/h3-9,13-14H,10-11H2,1-2H3,(H,24,27)/t13-,14-/m1/s1. The van der Waals surface area contributed by atoms with E-state index in [1.54, 1.807) is 31.2 Å². The number of amides is 2. The van der Waals surface area contributed by atoms with Gasteiger partial charge in [0.25, 0.3) is 5.91 Å². The first-order valence-electron chi connectivity index (χ1n) is 9.09. The van der Waals surface area contributed by atoms with E-state index >= 15 is 0 Å². The summed E-state index contributed by atoms with van der Waals surface area (Å²) in [4.78, 5) is 38.3. The first kappa shape index (κ1) is 20.8. The number of nitrogens with one attached hydrogen (secondary N) is 1. The lowest BCUT2D eigenvalue weighted by atomic mass is 10.1. The number of hydrogen-bond acceptors (Lipinski definition) is 4. The smallest absolute Gasteiger partial charge is 0.312 e. The molecule has 0 aromatic heterocycles. The average Bonchev–Trinajstić information content (AvgIpc) is 3.07. The molecule has 29 heavy (non-hydrogen) atoms. The van der Waals surface area contributed by atoms with E-state index in [-0.39, 0.29) is 24.6 Å². The van der Waals surface area contributed by atoms with Crippen molar-refractivity contribution in [3.63, 3.8) is 0 Å². The lowest BCUT2D eigenvalue weighted by molar-refractivity contribution is -0.157. The summed E-state index contributed by atoms with van der Waals surface area (Å²) in [5, 5.41) is 3.17. The second-order valence-electron chi connectivity index (χ2n) is 6.84. The van der Waals surface area contributed by atoms with Crippen LogP contribution < -0.4 is 10.2 Å². The predicted octanol–water partition coefficient (Wildman–Crippen LogP) is 3.71. The van der Waals surface area contributed by atoms with E-state index in [4.69, 9.17) is 16.3 Å². The Hall–Kier alpha value is -2.93. The minimum absolute atomic E-state index is 0.000338. The van der Waals surface area contributed by atoms with Gasteiger partial charge < -0.3 is 15.0 Å². The monoisotopic (exact) mass is 418 g/mol. The van der Waals surface area contributed by atoms with Crippen molar-refractivity contribution < 1.29 is 23.5 Å². The second kappa shape index (κ2) is 8.61. The second-order valence-corrected chi connectivity index (χ2v) is 7.24. The van der Waals surface area contributed by atoms with Gasteiger partial charge in [0.05, 0.1) is 11.6 Å². The van der Waals surface area contributed by atoms with Crippen molar-refractivity contribution in [2.45, 2.75) is 26.4 Å². The molecule has 2 aromatic rings. The van der Waals surface area contributed by atoms with Gasteiger partial charge in [-0.15, -0.1) is 0 Å². The molecule has 0 spiro atoms. The number of ether oxygens (including phenoxy) is 1. The highest BCUT2D eigenvalue weighted by atomic mass is 35.5. The summed E-state index contributed by atoms with van der Waals surface area (Å²) < 4.78 is 19.2. The van der Waals surface area contributed by atoms with Crippen LogP contribution in [0.5, 0.6) is 0 Å². The summed E-state index contributed by atoms with van der Waals surface area (Å²) in [6.45, 7) is 3.20. The molecule has 1 aliphatic heterocycles. The summed E-state index contributed by atoms with van der Waals surface area (Å²) in [6, 6.07) is 10.9. The van der Waals surface area contributed by atoms with Crippen LogP contribution in [0.25, 0.3) is 0 Å². The fourth-order valence-corrected chi connectivity index (χ4v) is 3.24. The van der Waals surface area contributed by atoms with Gasteiger partial charge in [-0.1, -0.05) is 29.8 Å². The van der Waals surface area contributed by atoms with Crippen molar-refractivity contribution in [1.82, 2.24) is 0 Å². The number of halogens is 2. The maximum Gasteiger partial charge on any atom is 0.312 e. The Morgan fingerprint density at radius 2 is 1.97 bits per heavy atom. The van der Waals surface area contributed by atoms with Gasteiger partial charge in [-0.05, 0) is 43.7 Å². The van der Waals surface area contributed by atoms with E-state index < -0.39 is 29.7 Å². The van der Waals surface area contributed by atoms with Gasteiger partial charge in [0.2, 0.25) is 5.91 Å². The van der Waals surface area contributed by atoms with Crippen molar-refractivity contribution in [2.24, 2.45) is 5.92 Å². The molecule has 1 saturated heterocycles. The Balaban J connectivity index is 1.61. The molecule has 8 heteroatoms. The van der Waals surface area contributed by atoms with Gasteiger partial charge in [0, 0.05) is 23.7 Å². The van der Waals surface area contributed by atoms with Crippen LogP contribution in [-0.4, -0.2) is 30.4 Å². The minimum Gasteiger partial charge on any atom is -0.452 e. The summed E-state index contributed by atoms with van der Waals surface area (Å²) in [5.41, 5.74) is 1.34. The van der Waals surface area contributed by atoms with E-state index in [2.05, 4.69) is 5.32 Å². The number of benzene rings is 2. The molecule has 1 fully saturated rings. The highest BCUT2D eigenvalue weighted by Crippen LogP contribution is 2.28. The number of rotatable bonds is 5. The van der Waals surface area contributed by atoms with Crippen LogP contribution in [0.3, 0.4) is 0 Å². The number of carbonyl (C=O) groups excluding carboxylic acids is 3. The number of carbonyl (C=O) groups is 3. The third kappa shape index (κ3) is 4.56. The molecule has 6 nitrogen and oxygen atoms in total. The van der Waals surface area contributed by atoms with Crippen LogP contribution in [0, 0.1) is 18.7 Å². The Morgan fingerprint density at radius 1 is 1.24 bits per heavy atom. The van der Waals surface area contributed by atoms with E-state index in [0.29, 0.717) is 16.3 Å². The quantitative estimate of drug-likeness (QED) is 0.751. The van der Waals surface area contributed by atoms with Crippen LogP contribution in [-0.2, 0) is 19.1 Å². The summed E-state index contributed by atoms with van der Waals surface area (Å²) >= 11 is 6.04. The first-order chi connectivity index (χ1) is 13.8. The van der Waals surface area contributed by atoms with E-state index in [1.165, 1.54) is 30.0 Å². The number of anilines is 2. The lowest BCUT2D eigenvalue weighted by Gasteiger charge is -2.18. The molecular weight excluding hydrogens is 399 g/mol. The van der Waals surface area contributed by atoms with Gasteiger partial charge in [-0.2, -0.15) is 0 Å². The predicted molar refractivity (Wildman–Crippen MR) is 107 cm³/mol. The van der Waals surface area contributed by atoms with Crippen LogP contribution in [0.1, 0.15) is 18.9 Å². The van der Waals surface area contributed by atoms with Crippen molar-refractivity contribution in [1.29, 1.82) is 0 Å². The van der Waals surface area contributed by atoms with Gasteiger partial charge in [0.15, 0.2) is 6.10 Å². The molecule has 2 atom stereocenters. The van der Waals surface area contributed by atoms with Crippen LogP contribution in [0.15, 0.2) is 42.5 Å². The van der Waals surface area contributed by atoms with Gasteiger partial charge in [-0.3, -0.25) is 14.4 Å². The zero-order valence-electron chi connectivity index (χ0n) is 15.9. The number of esters is 1. The molecule has 0 saturated carbocycles. The van der Waals surface area contributed by atoms with Crippen LogP contribution in [0.2, 0.25) is 5.02 Å². The molecule has 2 amide bonds. The molecule has 0 radical (unpaired) electrons. The lowest BCUT2D eigenvalue weighted by Crippen LogP contribution is -2.33. The number of para-hydroxylation sites is 1.